The molecule has 1 nitrogen and oxygen atoms in total. The normalized spacial score (nSPS) is 12.5. The molecule has 2 rings (SSSR count). The average molecular weight is 426 g/mol. The van der Waals surface area contributed by atoms with Crippen LogP contribution in [0, 0.1) is 27.7 Å². The molecule has 0 fully saturated rings. The summed E-state index contributed by atoms with van der Waals surface area (Å²) < 4.78 is 85.1. The fourth-order valence-corrected chi connectivity index (χ4v) is 4.19. The number of aryl methyl sites for hydroxylation is 2. The van der Waals surface area contributed by atoms with Gasteiger partial charge in [0.25, 0.3) is 0 Å². The maximum absolute atomic E-state index is 13.3. The largest absolute Gasteiger partial charge is 0.417 e. The number of benzene rings is 2. The second-order valence-electron chi connectivity index (χ2n) is 5.99. The van der Waals surface area contributed by atoms with Gasteiger partial charge in [-0.3, -0.25) is 0 Å². The van der Waals surface area contributed by atoms with Crippen molar-refractivity contribution in [2.24, 2.45) is 0 Å². The van der Waals surface area contributed by atoms with E-state index in [9.17, 15) is 26.3 Å². The molecule has 0 aliphatic carbocycles. The van der Waals surface area contributed by atoms with Crippen molar-refractivity contribution >= 4 is 24.1 Å². The summed E-state index contributed by atoms with van der Waals surface area (Å²) in [5, 5.41) is 0. The van der Waals surface area contributed by atoms with Gasteiger partial charge in [0.2, 0.25) is 0 Å². The first-order chi connectivity index (χ1) is 12.3. The Hall–Kier alpha value is -1.32. The third kappa shape index (κ3) is 4.94. The molecule has 0 saturated heterocycles. The van der Waals surface area contributed by atoms with Crippen molar-refractivity contribution in [2.45, 2.75) is 49.8 Å². The second-order valence-corrected chi connectivity index (χ2v) is 7.75. The smallest absolute Gasteiger partial charge is 0.237 e. The van der Waals surface area contributed by atoms with Crippen LogP contribution in [0.15, 0.2) is 34.1 Å². The number of rotatable bonds is 4. The van der Waals surface area contributed by atoms with Crippen LogP contribution in [0.25, 0.3) is 0 Å². The van der Waals surface area contributed by atoms with Crippen LogP contribution >= 0.6 is 24.1 Å². The molecular formula is C18H16F6OS2. The van der Waals surface area contributed by atoms with Crippen LogP contribution in [-0.2, 0) is 16.0 Å². The molecule has 0 heterocycles. The summed E-state index contributed by atoms with van der Waals surface area (Å²) in [7, 11) is 0. The van der Waals surface area contributed by atoms with Crippen molar-refractivity contribution in [2.75, 3.05) is 0 Å². The van der Waals surface area contributed by atoms with Crippen LogP contribution in [0.1, 0.15) is 33.4 Å². The minimum atomic E-state index is -4.59. The zero-order chi connectivity index (χ0) is 20.6. The lowest BCUT2D eigenvalue weighted by Crippen LogP contribution is -2.11. The van der Waals surface area contributed by atoms with Gasteiger partial charge in [0.15, 0.2) is 0 Å². The van der Waals surface area contributed by atoms with Crippen LogP contribution in [0.4, 0.5) is 26.3 Å². The number of halogens is 6. The highest BCUT2D eigenvalue weighted by atomic mass is 32.2. The Morgan fingerprint density at radius 3 is 1.26 bits per heavy atom. The highest BCUT2D eigenvalue weighted by Crippen LogP contribution is 2.44. The molecule has 2 aromatic rings. The summed E-state index contributed by atoms with van der Waals surface area (Å²) in [5.41, 5.74) is -0.638. The van der Waals surface area contributed by atoms with Crippen molar-refractivity contribution in [3.05, 3.63) is 57.6 Å². The van der Waals surface area contributed by atoms with Crippen molar-refractivity contribution < 1.29 is 30.0 Å². The second kappa shape index (κ2) is 7.97. The zero-order valence-electron chi connectivity index (χ0n) is 14.8. The quantitative estimate of drug-likeness (QED) is 0.366. The third-order valence-electron chi connectivity index (χ3n) is 4.21. The molecule has 148 valence electrons. The molecule has 0 aliphatic heterocycles. The molecule has 0 unspecified atom stereocenters. The van der Waals surface area contributed by atoms with E-state index in [1.165, 1.54) is 38.1 Å². The molecule has 0 atom stereocenters. The lowest BCUT2D eigenvalue weighted by atomic mass is 10.0. The van der Waals surface area contributed by atoms with Crippen LogP contribution in [0.5, 0.6) is 0 Å². The van der Waals surface area contributed by atoms with Crippen molar-refractivity contribution in [1.29, 1.82) is 0 Å². The van der Waals surface area contributed by atoms with Gasteiger partial charge in [-0.15, -0.1) is 0 Å². The van der Waals surface area contributed by atoms with Gasteiger partial charge in [-0.2, -0.15) is 26.3 Å². The summed E-state index contributed by atoms with van der Waals surface area (Å²) in [6, 6.07) is 5.53. The predicted octanol–water partition coefficient (Wildman–Crippen LogP) is 7.69. The summed E-state index contributed by atoms with van der Waals surface area (Å²) in [6.45, 7) is 5.81. The van der Waals surface area contributed by atoms with E-state index < -0.39 is 23.5 Å². The molecular weight excluding hydrogens is 410 g/mol. The molecule has 0 amide bonds. The summed E-state index contributed by atoms with van der Waals surface area (Å²) >= 11 is 0.793. The Morgan fingerprint density at radius 2 is 0.963 bits per heavy atom. The fourth-order valence-electron chi connectivity index (χ4n) is 2.52. The van der Waals surface area contributed by atoms with Gasteiger partial charge in [-0.1, -0.05) is 12.1 Å². The Balaban J connectivity index is 2.29. The van der Waals surface area contributed by atoms with Crippen LogP contribution in [-0.4, -0.2) is 0 Å². The molecule has 9 heteroatoms. The maximum atomic E-state index is 13.3. The van der Waals surface area contributed by atoms with Gasteiger partial charge < -0.3 is 0 Å². The van der Waals surface area contributed by atoms with E-state index in [0.29, 0.717) is 35.2 Å². The molecule has 0 N–H and O–H groups in total. The minimum absolute atomic E-state index is 0.0586. The zero-order valence-corrected chi connectivity index (χ0v) is 16.4. The lowest BCUT2D eigenvalue weighted by Gasteiger charge is -2.18. The first kappa shape index (κ1) is 22.0. The van der Waals surface area contributed by atoms with Gasteiger partial charge >= 0.3 is 12.4 Å². The topological polar surface area (TPSA) is 9.23 Å². The predicted molar refractivity (Wildman–Crippen MR) is 94.6 cm³/mol. The van der Waals surface area contributed by atoms with Gasteiger partial charge in [0.1, 0.15) is 0 Å². The Bertz CT molecular complexity index is 774. The molecule has 0 radical (unpaired) electrons. The van der Waals surface area contributed by atoms with E-state index in [1.807, 2.05) is 0 Å². The standard InChI is InChI=1S/C18H16F6OS2/c1-9-5-7-13(15(11(9)3)17(19,20)21)26-25-27-14-8-6-10(2)12(4)16(14)18(22,23)24/h5-8H,1-4H3. The van der Waals surface area contributed by atoms with Gasteiger partial charge in [-0.25, -0.2) is 3.63 Å². The van der Waals surface area contributed by atoms with E-state index in [0.717, 1.165) is 0 Å². The fraction of sp³-hybridized carbons (Fsp3) is 0.333. The first-order valence-corrected chi connectivity index (χ1v) is 9.18. The summed E-state index contributed by atoms with van der Waals surface area (Å²) in [5.74, 6) is 0. The number of hydrogen-bond donors (Lipinski definition) is 0. The van der Waals surface area contributed by atoms with Gasteiger partial charge in [0, 0.05) is 33.9 Å². The lowest BCUT2D eigenvalue weighted by molar-refractivity contribution is -0.141. The van der Waals surface area contributed by atoms with E-state index >= 15 is 0 Å². The first-order valence-electron chi connectivity index (χ1n) is 7.70. The Labute approximate surface area is 161 Å². The van der Waals surface area contributed by atoms with Crippen LogP contribution in [0.2, 0.25) is 0 Å². The van der Waals surface area contributed by atoms with Gasteiger partial charge in [-0.05, 0) is 62.1 Å². The summed E-state index contributed by atoms with van der Waals surface area (Å²) in [4.78, 5) is -0.397. The SMILES string of the molecule is Cc1ccc(SOSc2ccc(C)c(C)c2C(F)(F)F)c(C(F)(F)F)c1C. The van der Waals surface area contributed by atoms with E-state index in [4.69, 9.17) is 3.63 Å². The van der Waals surface area contributed by atoms with Crippen molar-refractivity contribution in [3.63, 3.8) is 0 Å². The monoisotopic (exact) mass is 426 g/mol. The van der Waals surface area contributed by atoms with E-state index in [-0.39, 0.29) is 20.9 Å². The van der Waals surface area contributed by atoms with Gasteiger partial charge in [0.05, 0.1) is 11.1 Å². The molecule has 0 bridgehead atoms. The molecule has 0 saturated carbocycles. The molecule has 2 aromatic carbocycles. The number of alkyl halides is 6. The van der Waals surface area contributed by atoms with Crippen molar-refractivity contribution in [1.82, 2.24) is 0 Å². The molecule has 0 aliphatic rings. The third-order valence-corrected chi connectivity index (χ3v) is 5.79. The molecule has 0 spiro atoms. The van der Waals surface area contributed by atoms with Crippen molar-refractivity contribution in [3.8, 4) is 0 Å². The average Bonchev–Trinajstić information content (AvgIpc) is 2.51. The molecule has 27 heavy (non-hydrogen) atoms. The Morgan fingerprint density at radius 1 is 0.630 bits per heavy atom. The number of hydrogen-bond acceptors (Lipinski definition) is 3. The molecule has 0 aromatic heterocycles. The van der Waals surface area contributed by atoms with E-state index in [2.05, 4.69) is 0 Å². The minimum Gasteiger partial charge on any atom is -0.237 e. The maximum Gasteiger partial charge on any atom is 0.417 e. The van der Waals surface area contributed by atoms with E-state index in [1.54, 1.807) is 13.8 Å². The Kier molecular flexibility index (Phi) is 6.48. The summed E-state index contributed by atoms with van der Waals surface area (Å²) in [6.07, 6.45) is -9.19. The van der Waals surface area contributed by atoms with Crippen LogP contribution in [0.3, 0.4) is 0 Å². The highest BCUT2D eigenvalue weighted by molar-refractivity contribution is 8.08. The highest BCUT2D eigenvalue weighted by Gasteiger charge is 2.37. The van der Waals surface area contributed by atoms with Crippen LogP contribution < -0.4 is 0 Å².